The first-order valence-electron chi connectivity index (χ1n) is 15.9. The fourth-order valence-corrected chi connectivity index (χ4v) is 7.47. The lowest BCUT2D eigenvalue weighted by Crippen LogP contribution is -2.61. The van der Waals surface area contributed by atoms with E-state index in [4.69, 9.17) is 39.5 Å². The van der Waals surface area contributed by atoms with Crippen LogP contribution >= 0.6 is 34.8 Å². The highest BCUT2D eigenvalue weighted by molar-refractivity contribution is 6.67. The molecular weight excluding hydrogens is 605 g/mol. The summed E-state index contributed by atoms with van der Waals surface area (Å²) < 4.78 is 5.69. The average Bonchev–Trinajstić information content (AvgIpc) is 2.89. The van der Waals surface area contributed by atoms with Crippen LogP contribution in [0.3, 0.4) is 0 Å². The number of ether oxygens (including phenoxy) is 1. The second-order valence-electron chi connectivity index (χ2n) is 14.3. The number of allylic oxidation sites excluding steroid dienone is 1. The number of esters is 1. The van der Waals surface area contributed by atoms with Crippen LogP contribution in [-0.4, -0.2) is 57.4 Å². The summed E-state index contributed by atoms with van der Waals surface area (Å²) in [6.45, 7) is 33.6. The zero-order valence-corrected chi connectivity index (χ0v) is 31.3. The molecular formula is C35H62Cl3NO4. The number of alkyl halides is 2. The van der Waals surface area contributed by atoms with Gasteiger partial charge >= 0.3 is 5.97 Å². The fraction of sp³-hybridized carbons (Fsp3) is 0.829. The lowest BCUT2D eigenvalue weighted by Gasteiger charge is -2.63. The van der Waals surface area contributed by atoms with Crippen LogP contribution in [0, 0.1) is 34.5 Å². The molecule has 0 saturated heterocycles. The maximum atomic E-state index is 11.7. The second kappa shape index (κ2) is 17.9. The van der Waals surface area contributed by atoms with Gasteiger partial charge < -0.3 is 14.7 Å². The van der Waals surface area contributed by atoms with Crippen molar-refractivity contribution in [2.24, 2.45) is 34.5 Å². The van der Waals surface area contributed by atoms with E-state index in [-0.39, 0.29) is 22.5 Å². The fourth-order valence-electron chi connectivity index (χ4n) is 7.47. The molecule has 252 valence electrons. The molecule has 6 unspecified atom stereocenters. The van der Waals surface area contributed by atoms with Crippen LogP contribution < -0.4 is 0 Å². The number of carbonyl (C=O) groups excluding carboxylic acids is 2. The molecule has 8 heteroatoms. The Kier molecular flexibility index (Phi) is 17.7. The molecule has 0 amide bonds. The summed E-state index contributed by atoms with van der Waals surface area (Å²) in [5.41, 5.74) is 1.01. The number of hydrogen-bond acceptors (Lipinski definition) is 5. The third kappa shape index (κ3) is 11.6. The molecule has 4 bridgehead atoms. The molecule has 6 atom stereocenters. The lowest BCUT2D eigenvalue weighted by molar-refractivity contribution is -0.215. The Labute approximate surface area is 279 Å². The number of halogens is 3. The Hall–Kier alpha value is -0.590. The van der Waals surface area contributed by atoms with Crippen molar-refractivity contribution in [3.05, 3.63) is 24.3 Å². The minimum Gasteiger partial charge on any atom is -0.456 e. The minimum absolute atomic E-state index is 0.194. The number of nitrogens with zero attached hydrogens (tertiary/aromatic N) is 1. The van der Waals surface area contributed by atoms with Crippen LogP contribution in [0.1, 0.15) is 115 Å². The van der Waals surface area contributed by atoms with Gasteiger partial charge in [-0.05, 0) is 126 Å². The van der Waals surface area contributed by atoms with Gasteiger partial charge in [-0.15, -0.1) is 23.2 Å². The number of rotatable bonds is 6. The molecule has 0 aromatic rings. The van der Waals surface area contributed by atoms with E-state index < -0.39 is 5.24 Å². The summed E-state index contributed by atoms with van der Waals surface area (Å²) >= 11 is 14.4. The predicted molar refractivity (Wildman–Crippen MR) is 185 cm³/mol. The second-order valence-corrected chi connectivity index (χ2v) is 15.5. The van der Waals surface area contributed by atoms with Gasteiger partial charge in [-0.1, -0.05) is 61.6 Å². The van der Waals surface area contributed by atoms with Gasteiger partial charge in [0.15, 0.2) is 0 Å². The maximum absolute atomic E-state index is 11.7. The highest BCUT2D eigenvalue weighted by atomic mass is 35.5. The maximum Gasteiger partial charge on any atom is 0.333 e. The number of carbonyl (C=O) groups is 2. The largest absolute Gasteiger partial charge is 0.456 e. The SMILES string of the molecule is C=C(C)C(=O)Cl.C=C(C)C(=O)OC1(C)CCC2CC1C2(C)C.CC1(O)CCC2CC1C2(C)C.CCN(CC)CC.ClCCl. The van der Waals surface area contributed by atoms with Gasteiger partial charge in [0.05, 0.1) is 10.9 Å². The molecule has 0 radical (unpaired) electrons. The van der Waals surface area contributed by atoms with Gasteiger partial charge in [-0.25, -0.2) is 4.79 Å². The van der Waals surface area contributed by atoms with E-state index in [1.807, 2.05) is 6.92 Å². The highest BCUT2D eigenvalue weighted by Gasteiger charge is 2.61. The van der Waals surface area contributed by atoms with E-state index in [9.17, 15) is 14.7 Å². The van der Waals surface area contributed by atoms with Crippen molar-refractivity contribution in [1.29, 1.82) is 0 Å². The summed E-state index contributed by atoms with van der Waals surface area (Å²) in [4.78, 5) is 23.9. The van der Waals surface area contributed by atoms with Crippen molar-refractivity contribution >= 4 is 46.0 Å². The molecule has 43 heavy (non-hydrogen) atoms. The smallest absolute Gasteiger partial charge is 0.333 e. The number of fused-ring (bicyclic) bond motifs is 4. The highest BCUT2D eigenvalue weighted by Crippen LogP contribution is 2.64. The van der Waals surface area contributed by atoms with E-state index in [0.29, 0.717) is 33.8 Å². The van der Waals surface area contributed by atoms with Crippen LogP contribution in [0.15, 0.2) is 24.3 Å². The van der Waals surface area contributed by atoms with Crippen molar-refractivity contribution in [2.75, 3.05) is 25.0 Å². The topological polar surface area (TPSA) is 66.8 Å². The Balaban J connectivity index is 0.000000570. The van der Waals surface area contributed by atoms with Crippen molar-refractivity contribution in [3.8, 4) is 0 Å². The van der Waals surface area contributed by atoms with Gasteiger partial charge in [-0.2, -0.15) is 0 Å². The summed E-state index contributed by atoms with van der Waals surface area (Å²) in [5.74, 6) is 2.57. The molecule has 0 aliphatic heterocycles. The zero-order valence-electron chi connectivity index (χ0n) is 29.0. The van der Waals surface area contributed by atoms with Crippen molar-refractivity contribution in [3.63, 3.8) is 0 Å². The van der Waals surface area contributed by atoms with Crippen molar-refractivity contribution in [2.45, 2.75) is 126 Å². The van der Waals surface area contributed by atoms with Crippen LogP contribution in [0.25, 0.3) is 0 Å². The van der Waals surface area contributed by atoms with E-state index in [0.717, 1.165) is 24.7 Å². The van der Waals surface area contributed by atoms with E-state index in [1.54, 1.807) is 13.8 Å². The molecule has 6 fully saturated rings. The van der Waals surface area contributed by atoms with Gasteiger partial charge in [0.2, 0.25) is 5.24 Å². The monoisotopic (exact) mass is 665 g/mol. The molecule has 1 N–H and O–H groups in total. The van der Waals surface area contributed by atoms with Crippen LogP contribution in [0.5, 0.6) is 0 Å². The van der Waals surface area contributed by atoms with Crippen molar-refractivity contribution in [1.82, 2.24) is 4.90 Å². The Bertz CT molecular complexity index is 899. The van der Waals surface area contributed by atoms with Gasteiger partial charge in [0.1, 0.15) is 5.60 Å². The lowest BCUT2D eigenvalue weighted by atomic mass is 9.44. The normalized spacial score (nSPS) is 31.6. The Morgan fingerprint density at radius 3 is 1.40 bits per heavy atom. The van der Waals surface area contributed by atoms with Crippen LogP contribution in [0.2, 0.25) is 0 Å². The van der Waals surface area contributed by atoms with E-state index in [1.165, 1.54) is 45.3 Å². The summed E-state index contributed by atoms with van der Waals surface area (Å²) in [6, 6.07) is 0. The molecule has 0 heterocycles. The first-order valence-corrected chi connectivity index (χ1v) is 17.4. The van der Waals surface area contributed by atoms with Crippen LogP contribution in [-0.2, 0) is 14.3 Å². The molecule has 5 nitrogen and oxygen atoms in total. The summed E-state index contributed by atoms with van der Waals surface area (Å²) in [5, 5.41) is 9.75. The molecule has 6 aliphatic carbocycles. The molecule has 0 aromatic carbocycles. The quantitative estimate of drug-likeness (QED) is 0.132. The molecule has 6 rings (SSSR count). The van der Waals surface area contributed by atoms with Crippen LogP contribution in [0.4, 0.5) is 0 Å². The third-order valence-corrected chi connectivity index (χ3v) is 11.1. The first kappa shape index (κ1) is 42.4. The van der Waals surface area contributed by atoms with E-state index >= 15 is 0 Å². The number of hydrogen-bond donors (Lipinski definition) is 1. The molecule has 6 saturated carbocycles. The minimum atomic E-state index is -0.463. The first-order chi connectivity index (χ1) is 19.6. The zero-order chi connectivity index (χ0) is 34.0. The van der Waals surface area contributed by atoms with Gasteiger partial charge in [0, 0.05) is 17.1 Å². The Morgan fingerprint density at radius 2 is 1.19 bits per heavy atom. The molecule has 0 aromatic heterocycles. The number of aliphatic hydroxyl groups is 1. The molecule has 0 spiro atoms. The van der Waals surface area contributed by atoms with Gasteiger partial charge in [0.25, 0.3) is 0 Å². The van der Waals surface area contributed by atoms with Crippen molar-refractivity contribution < 1.29 is 19.4 Å². The predicted octanol–water partition coefficient (Wildman–Crippen LogP) is 9.61. The summed E-state index contributed by atoms with van der Waals surface area (Å²) in [6.07, 6.45) is 6.92. The van der Waals surface area contributed by atoms with E-state index in [2.05, 4.69) is 73.4 Å². The third-order valence-electron chi connectivity index (χ3n) is 10.8. The van der Waals surface area contributed by atoms with Gasteiger partial charge in [-0.3, -0.25) is 4.79 Å². The standard InChI is InChI=1S/C14H22O2.C10H18O.C6H15N.C4H5ClO.CH2Cl2/c1-9(2)12(15)16-14(5)7-6-10-8-11(14)13(10,3)4;1-9(2)7-4-5-10(3,11)8(9)6-7;1-4-7(5-2)6-3;1-3(2)4(5)6;2-1-3/h10-11H,1,6-8H2,2-5H3;7-8,11H,4-6H2,1-3H3;4-6H2,1-3H3;1H2,2H3;1H2. The molecule has 6 aliphatic rings. The Morgan fingerprint density at radius 1 is 0.814 bits per heavy atom. The average molecular weight is 667 g/mol. The summed E-state index contributed by atoms with van der Waals surface area (Å²) in [7, 11) is 0.